The molecular formula is C9H17NO4. The van der Waals surface area contributed by atoms with Gasteiger partial charge in [0.15, 0.2) is 0 Å². The lowest BCUT2D eigenvalue weighted by Crippen LogP contribution is -2.47. The van der Waals surface area contributed by atoms with Crippen LogP contribution in [0.3, 0.4) is 0 Å². The zero-order valence-corrected chi connectivity index (χ0v) is 8.65. The van der Waals surface area contributed by atoms with Crippen molar-refractivity contribution in [2.24, 2.45) is 0 Å². The molecule has 1 saturated heterocycles. The van der Waals surface area contributed by atoms with E-state index in [1.807, 2.05) is 0 Å². The van der Waals surface area contributed by atoms with Crippen LogP contribution in [-0.2, 0) is 9.47 Å². The third-order valence-corrected chi connectivity index (χ3v) is 2.44. The normalized spacial score (nSPS) is 20.2. The fourth-order valence-corrected chi connectivity index (χ4v) is 1.57. The topological polar surface area (TPSA) is 59.0 Å². The van der Waals surface area contributed by atoms with Crippen LogP contribution >= 0.6 is 0 Å². The molecule has 0 aliphatic carbocycles. The van der Waals surface area contributed by atoms with E-state index in [4.69, 9.17) is 4.74 Å². The van der Waals surface area contributed by atoms with E-state index in [2.05, 4.69) is 4.74 Å². The minimum absolute atomic E-state index is 0.295. The number of carbonyl (C=O) groups is 1. The molecule has 5 heteroatoms. The summed E-state index contributed by atoms with van der Waals surface area (Å²) in [6.45, 7) is 1.39. The van der Waals surface area contributed by atoms with E-state index in [0.29, 0.717) is 32.6 Å². The Morgan fingerprint density at radius 2 is 2.14 bits per heavy atom. The highest BCUT2D eigenvalue weighted by atomic mass is 16.5. The van der Waals surface area contributed by atoms with Gasteiger partial charge >= 0.3 is 6.09 Å². The van der Waals surface area contributed by atoms with Crippen LogP contribution in [0.1, 0.15) is 12.8 Å². The Morgan fingerprint density at radius 3 is 2.64 bits per heavy atom. The predicted molar refractivity (Wildman–Crippen MR) is 50.0 cm³/mol. The summed E-state index contributed by atoms with van der Waals surface area (Å²) in [5, 5.41) is 10.1. The Balaban J connectivity index is 2.44. The molecule has 0 atom stereocenters. The van der Waals surface area contributed by atoms with Gasteiger partial charge in [-0.25, -0.2) is 4.79 Å². The van der Waals surface area contributed by atoms with Gasteiger partial charge in [-0.2, -0.15) is 0 Å². The highest BCUT2D eigenvalue weighted by molar-refractivity contribution is 5.67. The summed E-state index contributed by atoms with van der Waals surface area (Å²) in [4.78, 5) is 12.5. The molecule has 0 aromatic carbocycles. The van der Waals surface area contributed by atoms with Gasteiger partial charge in [0.05, 0.1) is 19.3 Å². The first-order chi connectivity index (χ1) is 6.57. The summed E-state index contributed by atoms with van der Waals surface area (Å²) in [6, 6.07) is 0. The van der Waals surface area contributed by atoms with Crippen LogP contribution in [-0.4, -0.2) is 55.6 Å². The predicted octanol–water partition coefficient (Wildman–Crippen LogP) is 0.226. The summed E-state index contributed by atoms with van der Waals surface area (Å²) in [7, 11) is 2.94. The second-order valence-corrected chi connectivity index (χ2v) is 3.66. The van der Waals surface area contributed by atoms with Crippen LogP contribution in [0.5, 0.6) is 0 Å². The number of rotatable bonds is 2. The van der Waals surface area contributed by atoms with Crippen molar-refractivity contribution in [2.45, 2.75) is 18.4 Å². The summed E-state index contributed by atoms with van der Waals surface area (Å²) in [6.07, 6.45) is 0.702. The maximum Gasteiger partial charge on any atom is 0.409 e. The third-order valence-electron chi connectivity index (χ3n) is 2.44. The van der Waals surface area contributed by atoms with E-state index in [-0.39, 0.29) is 0 Å². The molecule has 1 aliphatic heterocycles. The molecule has 14 heavy (non-hydrogen) atoms. The van der Waals surface area contributed by atoms with Gasteiger partial charge < -0.3 is 19.5 Å². The van der Waals surface area contributed by atoms with Crippen molar-refractivity contribution in [1.82, 2.24) is 4.90 Å². The van der Waals surface area contributed by atoms with Crippen molar-refractivity contribution in [2.75, 3.05) is 33.9 Å². The summed E-state index contributed by atoms with van der Waals surface area (Å²) in [5.41, 5.74) is -0.818. The quantitative estimate of drug-likeness (QED) is 0.697. The number of ether oxygens (including phenoxy) is 2. The van der Waals surface area contributed by atoms with E-state index < -0.39 is 11.7 Å². The van der Waals surface area contributed by atoms with Crippen LogP contribution in [0.25, 0.3) is 0 Å². The smallest absolute Gasteiger partial charge is 0.409 e. The Bertz CT molecular complexity index is 201. The van der Waals surface area contributed by atoms with E-state index in [1.165, 1.54) is 12.0 Å². The monoisotopic (exact) mass is 203 g/mol. The number of hydrogen-bond donors (Lipinski definition) is 1. The fourth-order valence-electron chi connectivity index (χ4n) is 1.57. The van der Waals surface area contributed by atoms with Crippen molar-refractivity contribution >= 4 is 6.09 Å². The molecule has 1 rings (SSSR count). The Hall–Kier alpha value is -0.810. The first-order valence-corrected chi connectivity index (χ1v) is 4.67. The molecule has 1 heterocycles. The molecule has 0 unspecified atom stereocenters. The first kappa shape index (κ1) is 11.3. The Morgan fingerprint density at radius 1 is 1.57 bits per heavy atom. The molecule has 82 valence electrons. The average molecular weight is 203 g/mol. The van der Waals surface area contributed by atoms with Gasteiger partial charge in [0, 0.05) is 33.1 Å². The molecule has 0 bridgehead atoms. The van der Waals surface area contributed by atoms with Gasteiger partial charge in [-0.05, 0) is 0 Å². The SMILES string of the molecule is COC(=O)N(C)CC1(O)CCOCC1. The van der Waals surface area contributed by atoms with E-state index in [0.717, 1.165) is 0 Å². The zero-order valence-electron chi connectivity index (χ0n) is 8.65. The van der Waals surface area contributed by atoms with Gasteiger partial charge in [-0.1, -0.05) is 0 Å². The van der Waals surface area contributed by atoms with Gasteiger partial charge in [0.25, 0.3) is 0 Å². The van der Waals surface area contributed by atoms with Crippen LogP contribution in [0.4, 0.5) is 4.79 Å². The summed E-state index contributed by atoms with van der Waals surface area (Å²) in [5.74, 6) is 0. The van der Waals surface area contributed by atoms with Crippen molar-refractivity contribution in [3.63, 3.8) is 0 Å². The largest absolute Gasteiger partial charge is 0.453 e. The fraction of sp³-hybridized carbons (Fsp3) is 0.889. The summed E-state index contributed by atoms with van der Waals surface area (Å²) < 4.78 is 9.68. The van der Waals surface area contributed by atoms with Crippen molar-refractivity contribution in [1.29, 1.82) is 0 Å². The van der Waals surface area contributed by atoms with Gasteiger partial charge in [-0.3, -0.25) is 0 Å². The molecule has 5 nitrogen and oxygen atoms in total. The lowest BCUT2D eigenvalue weighted by atomic mass is 9.94. The minimum Gasteiger partial charge on any atom is -0.453 e. The third kappa shape index (κ3) is 2.85. The molecule has 1 fully saturated rings. The number of likely N-dealkylation sites (N-methyl/N-ethyl adjacent to an activating group) is 1. The molecule has 0 spiro atoms. The summed E-state index contributed by atoms with van der Waals surface area (Å²) >= 11 is 0. The second kappa shape index (κ2) is 4.61. The highest BCUT2D eigenvalue weighted by Crippen LogP contribution is 2.21. The highest BCUT2D eigenvalue weighted by Gasteiger charge is 2.32. The molecular weight excluding hydrogens is 186 g/mol. The first-order valence-electron chi connectivity index (χ1n) is 4.67. The molecule has 1 aliphatic rings. The minimum atomic E-state index is -0.818. The Kier molecular flexibility index (Phi) is 3.71. The van der Waals surface area contributed by atoms with Crippen LogP contribution in [0, 0.1) is 0 Å². The second-order valence-electron chi connectivity index (χ2n) is 3.66. The van der Waals surface area contributed by atoms with E-state index in [9.17, 15) is 9.90 Å². The standard InChI is InChI=1S/C9H17NO4/c1-10(8(11)13-2)7-9(12)3-5-14-6-4-9/h12H,3-7H2,1-2H3. The van der Waals surface area contributed by atoms with Crippen molar-refractivity contribution < 1.29 is 19.4 Å². The van der Waals surface area contributed by atoms with Crippen molar-refractivity contribution in [3.05, 3.63) is 0 Å². The van der Waals surface area contributed by atoms with Crippen LogP contribution in [0.2, 0.25) is 0 Å². The van der Waals surface area contributed by atoms with E-state index in [1.54, 1.807) is 7.05 Å². The number of carbonyl (C=O) groups excluding carboxylic acids is 1. The van der Waals surface area contributed by atoms with Gasteiger partial charge in [0.1, 0.15) is 0 Å². The maximum absolute atomic E-state index is 11.1. The Labute approximate surface area is 83.6 Å². The number of nitrogens with zero attached hydrogens (tertiary/aromatic N) is 1. The molecule has 1 amide bonds. The molecule has 0 aromatic heterocycles. The number of amides is 1. The molecule has 0 radical (unpaired) electrons. The zero-order chi connectivity index (χ0) is 10.6. The molecule has 0 saturated carbocycles. The molecule has 0 aromatic rings. The van der Waals surface area contributed by atoms with Crippen LogP contribution in [0.15, 0.2) is 0 Å². The van der Waals surface area contributed by atoms with Crippen LogP contribution < -0.4 is 0 Å². The lowest BCUT2D eigenvalue weighted by Gasteiger charge is -2.34. The average Bonchev–Trinajstić information content (AvgIpc) is 2.17. The number of methoxy groups -OCH3 is 1. The van der Waals surface area contributed by atoms with Crippen molar-refractivity contribution in [3.8, 4) is 0 Å². The van der Waals surface area contributed by atoms with Gasteiger partial charge in [0.2, 0.25) is 0 Å². The lowest BCUT2D eigenvalue weighted by molar-refractivity contribution is -0.0746. The van der Waals surface area contributed by atoms with Gasteiger partial charge in [-0.15, -0.1) is 0 Å². The number of hydrogen-bond acceptors (Lipinski definition) is 4. The number of aliphatic hydroxyl groups is 1. The molecule has 1 N–H and O–H groups in total. The maximum atomic E-state index is 11.1. The van der Waals surface area contributed by atoms with E-state index >= 15 is 0 Å².